The Hall–Kier alpha value is -2.36. The van der Waals surface area contributed by atoms with Gasteiger partial charge in [-0.2, -0.15) is 11.8 Å². The van der Waals surface area contributed by atoms with Crippen LogP contribution in [0, 0.1) is 51.8 Å². The number of allylic oxidation sites excluding steroid dienone is 2. The van der Waals surface area contributed by atoms with Gasteiger partial charge in [-0.15, -0.1) is 0 Å². The van der Waals surface area contributed by atoms with Gasteiger partial charge in [-0.05, 0) is 86.0 Å². The second-order valence-electron chi connectivity index (χ2n) is 15.5. The number of nitrogens with one attached hydrogen (secondary N) is 1. The Kier molecular flexibility index (Phi) is 10.1. The second-order valence-corrected chi connectivity index (χ2v) is 16.5. The average Bonchev–Trinajstić information content (AvgIpc) is 3.02. The molecule has 6 rings (SSSR count). The number of Topliss-reactive ketones (excluding diaryl/α,β-unsaturated/α-hetero) is 1. The number of methoxy groups -OCH3 is 1. The van der Waals surface area contributed by atoms with E-state index < -0.39 is 35.5 Å². The molecular weight excluding hydrogens is 606 g/mol. The van der Waals surface area contributed by atoms with Crippen LogP contribution in [0.5, 0.6) is 0 Å². The van der Waals surface area contributed by atoms with Crippen LogP contribution in [0.15, 0.2) is 11.6 Å². The Bertz CT molecular complexity index is 1280. The summed E-state index contributed by atoms with van der Waals surface area (Å²) in [5, 5.41) is 12.2. The molecule has 2 bridgehead atoms. The summed E-state index contributed by atoms with van der Waals surface area (Å²) in [7, 11) is 1.36. The Labute approximate surface area is 277 Å². The molecule has 0 aromatic carbocycles. The molecule has 0 aliphatic heterocycles. The molecule has 4 fully saturated rings. The first-order chi connectivity index (χ1) is 21.7. The first-order valence-electron chi connectivity index (χ1n) is 17.3. The standard InChI is InChI=1S/C36H53NO8S/c1-20(2)22-19-36-16-12-26-34(3,14-7-15-35(26,4)33(43)37-23(13-17-46-6)32(42)44-5)27(36)18-21(22)30-25(9-8-24(38)31(30)36)45-29(41)11-10-28(39)40/h19-21,23,25-27,30-31H,7-18H2,1-6H3,(H,37,43)(H,39,40)/t21-,23?,25-,26+,27+,30-,31+,34-,35+,36-/m0/s1. The Balaban J connectivity index is 1.47. The van der Waals surface area contributed by atoms with Gasteiger partial charge in [0.15, 0.2) is 0 Å². The quantitative estimate of drug-likeness (QED) is 0.215. The molecular formula is C36H53NO8S. The van der Waals surface area contributed by atoms with Gasteiger partial charge in [0.05, 0.1) is 20.0 Å². The van der Waals surface area contributed by atoms with Gasteiger partial charge in [-0.1, -0.05) is 45.8 Å². The van der Waals surface area contributed by atoms with Crippen molar-refractivity contribution in [2.75, 3.05) is 19.1 Å². The minimum absolute atomic E-state index is 0.0739. The molecule has 256 valence electrons. The largest absolute Gasteiger partial charge is 0.481 e. The molecule has 9 nitrogen and oxygen atoms in total. The van der Waals surface area contributed by atoms with E-state index in [0.717, 1.165) is 44.3 Å². The van der Waals surface area contributed by atoms with Crippen molar-refractivity contribution in [3.8, 4) is 0 Å². The predicted octanol–water partition coefficient (Wildman–Crippen LogP) is 5.59. The first-order valence-corrected chi connectivity index (χ1v) is 18.7. The summed E-state index contributed by atoms with van der Waals surface area (Å²) in [5.41, 5.74) is 0.150. The van der Waals surface area contributed by atoms with E-state index in [1.807, 2.05) is 6.26 Å². The maximum absolute atomic E-state index is 14.2. The second kappa shape index (κ2) is 13.3. The van der Waals surface area contributed by atoms with Crippen LogP contribution in [0.25, 0.3) is 0 Å². The lowest BCUT2D eigenvalue weighted by molar-refractivity contribution is -0.209. The third kappa shape index (κ3) is 5.83. The van der Waals surface area contributed by atoms with Crippen molar-refractivity contribution in [3.05, 3.63) is 11.6 Å². The van der Waals surface area contributed by atoms with E-state index in [-0.39, 0.29) is 70.9 Å². The van der Waals surface area contributed by atoms with Gasteiger partial charge in [-0.3, -0.25) is 19.2 Å². The normalized spacial score (nSPS) is 38.5. The summed E-state index contributed by atoms with van der Waals surface area (Å²) < 4.78 is 11.1. The van der Waals surface area contributed by atoms with Gasteiger partial charge in [-0.25, -0.2) is 4.79 Å². The number of esters is 2. The van der Waals surface area contributed by atoms with E-state index in [0.29, 0.717) is 19.3 Å². The lowest BCUT2D eigenvalue weighted by Crippen LogP contribution is -2.68. The monoisotopic (exact) mass is 659 g/mol. The molecule has 1 unspecified atom stereocenters. The van der Waals surface area contributed by atoms with Crippen LogP contribution in [-0.4, -0.2) is 66.0 Å². The number of ketones is 1. The van der Waals surface area contributed by atoms with Crippen LogP contribution in [0.1, 0.15) is 98.3 Å². The molecule has 0 heterocycles. The number of amides is 1. The molecule has 0 saturated heterocycles. The lowest BCUT2D eigenvalue weighted by atomic mass is 9.33. The summed E-state index contributed by atoms with van der Waals surface area (Å²) in [6.45, 7) is 8.85. The minimum atomic E-state index is -1.03. The van der Waals surface area contributed by atoms with Crippen molar-refractivity contribution in [2.45, 2.75) is 110 Å². The van der Waals surface area contributed by atoms with Gasteiger partial charge in [0.25, 0.3) is 0 Å². The Morgan fingerprint density at radius 1 is 1.09 bits per heavy atom. The number of fused-ring (bicyclic) bond motifs is 1. The predicted molar refractivity (Wildman–Crippen MR) is 175 cm³/mol. The Morgan fingerprint density at radius 3 is 2.48 bits per heavy atom. The maximum Gasteiger partial charge on any atom is 0.328 e. The van der Waals surface area contributed by atoms with Crippen LogP contribution in [0.2, 0.25) is 0 Å². The van der Waals surface area contributed by atoms with Crippen LogP contribution >= 0.6 is 11.8 Å². The van der Waals surface area contributed by atoms with Crippen molar-refractivity contribution in [3.63, 3.8) is 0 Å². The molecule has 0 aromatic rings. The Morgan fingerprint density at radius 2 is 1.83 bits per heavy atom. The van der Waals surface area contributed by atoms with Crippen molar-refractivity contribution >= 4 is 41.4 Å². The molecule has 0 radical (unpaired) electrons. The summed E-state index contributed by atoms with van der Waals surface area (Å²) in [6, 6.07) is -0.678. The number of ether oxygens (including phenoxy) is 2. The molecule has 10 heteroatoms. The fourth-order valence-corrected chi connectivity index (χ4v) is 11.5. The maximum atomic E-state index is 14.2. The minimum Gasteiger partial charge on any atom is -0.481 e. The highest BCUT2D eigenvalue weighted by atomic mass is 32.2. The van der Waals surface area contributed by atoms with Crippen molar-refractivity contribution in [1.82, 2.24) is 5.32 Å². The number of thioether (sulfide) groups is 1. The van der Waals surface area contributed by atoms with Crippen LogP contribution in [0.3, 0.4) is 0 Å². The molecule has 0 aromatic heterocycles. The number of rotatable bonds is 11. The summed E-state index contributed by atoms with van der Waals surface area (Å²) in [6.07, 6.45) is 10.1. The van der Waals surface area contributed by atoms with Crippen molar-refractivity contribution in [2.24, 2.45) is 51.8 Å². The highest BCUT2D eigenvalue weighted by Gasteiger charge is 2.71. The fraction of sp³-hybridized carbons (Fsp3) is 0.806. The van der Waals surface area contributed by atoms with Gasteiger partial charge < -0.3 is 19.9 Å². The van der Waals surface area contributed by atoms with E-state index in [1.165, 1.54) is 12.7 Å². The molecule has 4 saturated carbocycles. The summed E-state index contributed by atoms with van der Waals surface area (Å²) in [4.78, 5) is 64.8. The first kappa shape index (κ1) is 35.0. The zero-order chi connectivity index (χ0) is 33.6. The SMILES string of the molecule is COC(=O)C(CCSC)NC(=O)[C@]1(C)CCC[C@]2(C)[C@H]3C[C@H]4C(C(C)C)=C[C@]3(CC[C@H]21)[C@@H]1C(=O)CC[C@H](OC(=O)CCC(=O)O)[C@@H]14. The van der Waals surface area contributed by atoms with Gasteiger partial charge in [0.1, 0.15) is 17.9 Å². The fourth-order valence-electron chi connectivity index (χ4n) is 11.1. The highest BCUT2D eigenvalue weighted by Crippen LogP contribution is 2.74. The number of carboxylic acid groups (broad SMARTS) is 1. The molecule has 1 spiro atoms. The number of hydrogen-bond acceptors (Lipinski definition) is 8. The average molecular weight is 660 g/mol. The summed E-state index contributed by atoms with van der Waals surface area (Å²) >= 11 is 1.63. The van der Waals surface area contributed by atoms with E-state index in [9.17, 15) is 24.0 Å². The van der Waals surface area contributed by atoms with Crippen molar-refractivity contribution in [1.29, 1.82) is 0 Å². The number of aliphatic carboxylic acids is 1. The number of carbonyl (C=O) groups is 5. The van der Waals surface area contributed by atoms with Crippen molar-refractivity contribution < 1.29 is 38.6 Å². The lowest BCUT2D eigenvalue weighted by Gasteiger charge is -2.71. The van der Waals surface area contributed by atoms with Crippen LogP contribution in [-0.2, 0) is 33.4 Å². The molecule has 2 N–H and O–H groups in total. The number of carbonyl (C=O) groups excluding carboxylic acids is 4. The van der Waals surface area contributed by atoms with Gasteiger partial charge in [0.2, 0.25) is 5.91 Å². The van der Waals surface area contributed by atoms with Gasteiger partial charge in [0, 0.05) is 29.1 Å². The number of hydrogen-bond donors (Lipinski definition) is 2. The zero-order valence-electron chi connectivity index (χ0n) is 28.4. The smallest absolute Gasteiger partial charge is 0.328 e. The van der Waals surface area contributed by atoms with Gasteiger partial charge >= 0.3 is 17.9 Å². The molecule has 1 amide bonds. The topological polar surface area (TPSA) is 136 Å². The van der Waals surface area contributed by atoms with Crippen LogP contribution in [0.4, 0.5) is 0 Å². The van der Waals surface area contributed by atoms with E-state index in [2.05, 4.69) is 39.1 Å². The molecule has 6 aliphatic carbocycles. The highest BCUT2D eigenvalue weighted by molar-refractivity contribution is 7.98. The van der Waals surface area contributed by atoms with Crippen LogP contribution < -0.4 is 5.32 Å². The molecule has 6 aliphatic rings. The third-order valence-electron chi connectivity index (χ3n) is 12.9. The third-order valence-corrected chi connectivity index (χ3v) is 13.6. The molecule has 10 atom stereocenters. The molecule has 46 heavy (non-hydrogen) atoms. The zero-order valence-corrected chi connectivity index (χ0v) is 29.2. The van der Waals surface area contributed by atoms with E-state index >= 15 is 0 Å². The summed E-state index contributed by atoms with van der Waals surface area (Å²) in [5.74, 6) is -0.707. The van der Waals surface area contributed by atoms with E-state index in [4.69, 9.17) is 14.6 Å². The number of carboxylic acids is 1. The van der Waals surface area contributed by atoms with E-state index in [1.54, 1.807) is 11.8 Å².